The summed E-state index contributed by atoms with van der Waals surface area (Å²) in [5, 5.41) is 268. The number of ether oxygens (including phenoxy) is 14. The highest BCUT2D eigenvalue weighted by atomic mass is 16.8. The van der Waals surface area contributed by atoms with Crippen molar-refractivity contribution in [1.29, 1.82) is 0 Å². The molecule has 14 unspecified atom stereocenters. The Morgan fingerprint density at radius 3 is 1.21 bits per heavy atom. The van der Waals surface area contributed by atoms with Crippen molar-refractivity contribution in [3.05, 3.63) is 12.2 Å². The zero-order valence-electron chi connectivity index (χ0n) is 76.4. The van der Waals surface area contributed by atoms with E-state index in [9.17, 15) is 141 Å². The molecular weight excluding hydrogens is 1770 g/mol. The van der Waals surface area contributed by atoms with Gasteiger partial charge in [-0.25, -0.2) is 4.79 Å². The summed E-state index contributed by atoms with van der Waals surface area (Å²) in [5.74, 6) is -9.56. The summed E-state index contributed by atoms with van der Waals surface area (Å²) in [6.45, 7) is -3.84. The molecule has 46 heteroatoms. The minimum Gasteiger partial charge on any atom is -0.477 e. The fourth-order valence-electron chi connectivity index (χ4n) is 17.7. The van der Waals surface area contributed by atoms with Gasteiger partial charge in [0, 0.05) is 26.7 Å². The van der Waals surface area contributed by atoms with Gasteiger partial charge in [-0.1, -0.05) is 180 Å². The van der Waals surface area contributed by atoms with Crippen molar-refractivity contribution in [2.75, 3.05) is 59.5 Å². The second-order valence-electron chi connectivity index (χ2n) is 35.7. The standard InChI is InChI=1S/C87H154N4O42/c1-5-7-9-11-13-15-17-19-20-22-24-26-28-30-32-34-57(105)90-47(48(102)33-31-29-27-25-23-21-18-16-14-12-10-8-6-2)44-120-82-70(115)67(112)74(54(40-96)124-82)128-84-71(116)68(113)73(55(41-97)125-84)127-80-60(88-45(3)100)77(65(110)52(38-94)121-80)131-85-72(117)79(133-87(86(118)119)35-49(103)59(91-58(106)43-99)78(132-87)62(107)50(104)36-92)75(56(42-98)126-85)129-81-61(89-46(4)101)76(64(109)53(39-95)122-81)130-83-69(114)66(111)63(108)51(37-93)123-83/h31,33,47-56,59-85,92-99,102-104,107-117H,5-30,32,34-44H2,1-4H3,(H,88,100)(H,89,101)(H,90,105)(H,91,106)(H,118,119)/b33-31+/t47-,48+,49?,50+,51?,52?,53?,54?,55?,56?,59+,60?,61?,62+,63-,64-,65-,66-,67+,68+,69?,70?,71?,72?,73-,74+,75-,76+,77+,78?,79+,80-,81-,82+,83-,84-,85-,87-/m0/s1. The number of carboxylic acids is 1. The zero-order chi connectivity index (χ0) is 97.8. The van der Waals surface area contributed by atoms with Crippen molar-refractivity contribution in [2.45, 2.75) is 446 Å². The number of rotatable bonds is 60. The molecule has 0 aromatic heterocycles. The number of amides is 4. The highest BCUT2D eigenvalue weighted by Crippen LogP contribution is 2.43. The molecule has 7 heterocycles. The quantitative estimate of drug-likeness (QED) is 0.0199. The molecule has 0 aliphatic carbocycles. The first-order chi connectivity index (χ1) is 63.7. The first-order valence-corrected chi connectivity index (χ1v) is 47.3. The Morgan fingerprint density at radius 2 is 0.774 bits per heavy atom. The molecule has 0 radical (unpaired) electrons. The van der Waals surface area contributed by atoms with Crippen molar-refractivity contribution < 1.29 is 208 Å². The van der Waals surface area contributed by atoms with Gasteiger partial charge >= 0.3 is 5.97 Å². The maximum atomic E-state index is 14.0. The summed E-state index contributed by atoms with van der Waals surface area (Å²) >= 11 is 0. The minimum atomic E-state index is -3.58. The van der Waals surface area contributed by atoms with Gasteiger partial charge in [0.05, 0.1) is 77.1 Å². The molecule has 4 amide bonds. The molecule has 774 valence electrons. The van der Waals surface area contributed by atoms with Gasteiger partial charge in [0.1, 0.15) is 171 Å². The molecule has 0 saturated carbocycles. The van der Waals surface area contributed by atoms with Crippen LogP contribution in [0.25, 0.3) is 0 Å². The van der Waals surface area contributed by atoms with Gasteiger partial charge in [-0.2, -0.15) is 0 Å². The molecule has 7 aliphatic rings. The third kappa shape index (κ3) is 33.4. The molecular formula is C87H154N4O42. The highest BCUT2D eigenvalue weighted by molar-refractivity contribution is 5.78. The van der Waals surface area contributed by atoms with Gasteiger partial charge in [0.2, 0.25) is 23.6 Å². The molecule has 7 saturated heterocycles. The number of allylic oxidation sites excluding steroid dienone is 1. The van der Waals surface area contributed by atoms with Crippen molar-refractivity contribution in [3.63, 3.8) is 0 Å². The Morgan fingerprint density at radius 1 is 0.398 bits per heavy atom. The van der Waals surface area contributed by atoms with E-state index in [1.807, 2.05) is 6.08 Å². The zero-order valence-corrected chi connectivity index (χ0v) is 76.4. The Labute approximate surface area is 773 Å². The number of hydrogen-bond acceptors (Lipinski definition) is 41. The summed E-state index contributed by atoms with van der Waals surface area (Å²) < 4.78 is 84.4. The molecule has 7 fully saturated rings. The van der Waals surface area contributed by atoms with E-state index in [0.717, 1.165) is 71.6 Å². The van der Waals surface area contributed by atoms with Crippen LogP contribution in [0.1, 0.15) is 214 Å². The topological polar surface area (TPSA) is 728 Å². The molecule has 7 rings (SSSR count). The van der Waals surface area contributed by atoms with Crippen LogP contribution in [0.5, 0.6) is 0 Å². The maximum Gasteiger partial charge on any atom is 0.364 e. The molecule has 38 atom stereocenters. The number of carboxylic acid groups (broad SMARTS) is 1. The number of hydrogen-bond donors (Lipinski definition) is 27. The number of nitrogens with one attached hydrogen (secondary N) is 4. The second kappa shape index (κ2) is 59.4. The van der Waals surface area contributed by atoms with E-state index in [-0.39, 0.29) is 12.3 Å². The smallest absolute Gasteiger partial charge is 0.364 e. The van der Waals surface area contributed by atoms with Crippen LogP contribution in [0.15, 0.2) is 12.2 Å². The van der Waals surface area contributed by atoms with Gasteiger partial charge in [0.25, 0.3) is 5.79 Å². The van der Waals surface area contributed by atoms with Crippen molar-refractivity contribution in [3.8, 4) is 0 Å². The minimum absolute atomic E-state index is 0.138. The van der Waals surface area contributed by atoms with E-state index < -0.39 is 322 Å². The van der Waals surface area contributed by atoms with Crippen molar-refractivity contribution in [2.24, 2.45) is 0 Å². The predicted molar refractivity (Wildman–Crippen MR) is 457 cm³/mol. The lowest BCUT2D eigenvalue weighted by molar-refractivity contribution is -0.403. The van der Waals surface area contributed by atoms with Crippen LogP contribution < -0.4 is 21.3 Å². The fourth-order valence-corrected chi connectivity index (χ4v) is 17.7. The maximum absolute atomic E-state index is 14.0. The Balaban J connectivity index is 1.11. The van der Waals surface area contributed by atoms with E-state index in [1.54, 1.807) is 6.08 Å². The van der Waals surface area contributed by atoms with Gasteiger partial charge < -0.3 is 205 Å². The van der Waals surface area contributed by atoms with E-state index in [2.05, 4.69) is 35.1 Å². The molecule has 0 aromatic rings. The van der Waals surface area contributed by atoms with Crippen LogP contribution in [-0.4, -0.2) is 439 Å². The van der Waals surface area contributed by atoms with E-state index >= 15 is 0 Å². The SMILES string of the molecule is CCCCCCCCCCCCC/C=C/[C@@H](O)[C@H](CO[C@@H]1OC(CO)[C@@H](O[C@@H]2OC(CO)[C@H](O[C@@H]3OC(CO)[C@H](O)[C@H](O[C@@H]4OC(CO)[C@H](O[C@@H]5OC(CO)[C@H](O)[C@H](O[C@@H]6OC(CO)[C@H](O)[C@H](O)C6O)C5NC(C)=O)[C@H](O[C@]5(C(=O)O)CC(O)[C@@H](NC(=O)CO)C([C@H](O)[C@H](O)CO)O5)C4O)C3NC(C)=O)[C@H](O)C2O)[C@H](O)C1O)NC(=O)CCCCCCCCCCCCCCCCC. The number of unbranched alkanes of at least 4 members (excludes halogenated alkanes) is 25. The third-order valence-electron chi connectivity index (χ3n) is 25.3. The largest absolute Gasteiger partial charge is 0.477 e. The Bertz CT molecular complexity index is 3320. The summed E-state index contributed by atoms with van der Waals surface area (Å²) in [6, 6.07) is -7.22. The van der Waals surface area contributed by atoms with Crippen LogP contribution in [0.3, 0.4) is 0 Å². The molecule has 7 aliphatic heterocycles. The van der Waals surface area contributed by atoms with E-state index in [1.165, 1.54) is 103 Å². The van der Waals surface area contributed by atoms with Gasteiger partial charge in [-0.15, -0.1) is 0 Å². The number of carbonyl (C=O) groups excluding carboxylic acids is 4. The molecule has 27 N–H and O–H groups in total. The number of carbonyl (C=O) groups is 5. The van der Waals surface area contributed by atoms with Crippen LogP contribution >= 0.6 is 0 Å². The fraction of sp³-hybridized carbons (Fsp3) is 0.920. The van der Waals surface area contributed by atoms with Crippen molar-refractivity contribution in [1.82, 2.24) is 21.3 Å². The van der Waals surface area contributed by atoms with Gasteiger partial charge in [-0.05, 0) is 19.3 Å². The second-order valence-corrected chi connectivity index (χ2v) is 35.7. The highest BCUT2D eigenvalue weighted by Gasteiger charge is 2.64. The van der Waals surface area contributed by atoms with Crippen molar-refractivity contribution >= 4 is 29.6 Å². The summed E-state index contributed by atoms with van der Waals surface area (Å²) in [4.78, 5) is 67.0. The first kappa shape index (κ1) is 116. The molecule has 0 aromatic carbocycles. The first-order valence-electron chi connectivity index (χ1n) is 47.3. The Kier molecular flexibility index (Phi) is 51.6. The van der Waals surface area contributed by atoms with Crippen LogP contribution in [0.4, 0.5) is 0 Å². The summed E-state index contributed by atoms with van der Waals surface area (Å²) in [7, 11) is 0. The Hall–Kier alpha value is -4.35. The van der Waals surface area contributed by atoms with E-state index in [0.29, 0.717) is 12.8 Å². The molecule has 0 spiro atoms. The monoisotopic (exact) mass is 1930 g/mol. The molecule has 46 nitrogen and oxygen atoms in total. The number of aliphatic hydroxyl groups excluding tert-OH is 22. The van der Waals surface area contributed by atoms with Crippen LogP contribution in [-0.2, 0) is 90.3 Å². The summed E-state index contributed by atoms with van der Waals surface area (Å²) in [5.41, 5.74) is 0. The lowest BCUT2D eigenvalue weighted by atomic mass is 9.88. The van der Waals surface area contributed by atoms with Gasteiger partial charge in [0.15, 0.2) is 37.7 Å². The van der Waals surface area contributed by atoms with Crippen LogP contribution in [0, 0.1) is 0 Å². The molecule has 0 bridgehead atoms. The number of aliphatic hydroxyl groups is 22. The normalized spacial score (nSPS) is 37.1. The number of aliphatic carboxylic acids is 1. The average molecular weight is 1930 g/mol. The predicted octanol–water partition coefficient (Wildman–Crippen LogP) is -6.28. The molecule has 133 heavy (non-hydrogen) atoms. The lowest BCUT2D eigenvalue weighted by Gasteiger charge is -2.53. The van der Waals surface area contributed by atoms with Crippen LogP contribution in [0.2, 0.25) is 0 Å². The van der Waals surface area contributed by atoms with E-state index in [4.69, 9.17) is 66.3 Å². The average Bonchev–Trinajstić information content (AvgIpc) is 0.745. The third-order valence-corrected chi connectivity index (χ3v) is 25.3. The lowest BCUT2D eigenvalue weighted by Crippen LogP contribution is -2.73. The summed E-state index contributed by atoms with van der Waals surface area (Å²) in [6.07, 6.45) is -38.8. The van der Waals surface area contributed by atoms with Gasteiger partial charge in [-0.3, -0.25) is 19.2 Å².